The Morgan fingerprint density at radius 1 is 1.25 bits per heavy atom. The van der Waals surface area contributed by atoms with Crippen molar-refractivity contribution in [3.05, 3.63) is 34.7 Å². The molecule has 1 aromatic carbocycles. The largest absolute Gasteiger partial charge is 0.481 e. The maximum absolute atomic E-state index is 12.1. The second-order valence-electron chi connectivity index (χ2n) is 8.18. The Kier molecular flexibility index (Phi) is 6.85. The van der Waals surface area contributed by atoms with Gasteiger partial charge in [-0.1, -0.05) is 24.9 Å². The standard InChI is InChI=1S/C22H25ClN2O6S/c1-2-3-12-6-13(21(26)27)4-5-18(12)32-20-19(22(28)29)25(10-24-20)9-14-7-16-17(8-15(14)23)31-11-30-16/h7-8,10,12-13,18H,2-6,9,11H2,1H3,(H,26,27)(H,28,29). The van der Waals surface area contributed by atoms with E-state index in [-0.39, 0.29) is 36.1 Å². The third kappa shape index (κ3) is 4.68. The quantitative estimate of drug-likeness (QED) is 0.555. The summed E-state index contributed by atoms with van der Waals surface area (Å²) in [6, 6.07) is 3.43. The predicted octanol–water partition coefficient (Wildman–Crippen LogP) is 4.77. The highest BCUT2D eigenvalue weighted by molar-refractivity contribution is 8.00. The van der Waals surface area contributed by atoms with Gasteiger partial charge in [-0.05, 0) is 43.2 Å². The first-order valence-electron chi connectivity index (χ1n) is 10.6. The van der Waals surface area contributed by atoms with Gasteiger partial charge in [0.05, 0.1) is 18.8 Å². The van der Waals surface area contributed by atoms with Gasteiger partial charge in [0.25, 0.3) is 0 Å². The average Bonchev–Trinajstić information content (AvgIpc) is 3.36. The minimum absolute atomic E-state index is 0.111. The number of rotatable bonds is 8. The van der Waals surface area contributed by atoms with Crippen LogP contribution in [0.2, 0.25) is 5.02 Å². The van der Waals surface area contributed by atoms with Gasteiger partial charge in [-0.15, -0.1) is 11.8 Å². The highest BCUT2D eigenvalue weighted by atomic mass is 35.5. The van der Waals surface area contributed by atoms with E-state index < -0.39 is 11.9 Å². The van der Waals surface area contributed by atoms with Gasteiger partial charge in [-0.2, -0.15) is 0 Å². The van der Waals surface area contributed by atoms with Crippen molar-refractivity contribution in [2.75, 3.05) is 6.79 Å². The van der Waals surface area contributed by atoms with Gasteiger partial charge in [-0.25, -0.2) is 9.78 Å². The molecule has 0 amide bonds. The number of benzene rings is 1. The highest BCUT2D eigenvalue weighted by Gasteiger charge is 2.35. The maximum atomic E-state index is 12.1. The summed E-state index contributed by atoms with van der Waals surface area (Å²) in [5.41, 5.74) is 0.817. The molecule has 3 unspecified atom stereocenters. The molecule has 172 valence electrons. The topological polar surface area (TPSA) is 111 Å². The molecular weight excluding hydrogens is 456 g/mol. The number of fused-ring (bicyclic) bond motifs is 1. The Balaban J connectivity index is 1.56. The number of carboxylic acid groups (broad SMARTS) is 2. The first-order valence-corrected chi connectivity index (χ1v) is 11.9. The lowest BCUT2D eigenvalue weighted by Crippen LogP contribution is -2.31. The van der Waals surface area contributed by atoms with Crippen LogP contribution in [0.3, 0.4) is 0 Å². The summed E-state index contributed by atoms with van der Waals surface area (Å²) in [5.74, 6) is -0.770. The van der Waals surface area contributed by atoms with E-state index in [4.69, 9.17) is 21.1 Å². The van der Waals surface area contributed by atoms with Crippen LogP contribution in [0.25, 0.3) is 0 Å². The molecule has 3 atom stereocenters. The Hall–Kier alpha value is -2.39. The molecule has 2 heterocycles. The predicted molar refractivity (Wildman–Crippen MR) is 119 cm³/mol. The zero-order chi connectivity index (χ0) is 22.8. The van der Waals surface area contributed by atoms with Gasteiger partial charge in [0.15, 0.2) is 17.2 Å². The van der Waals surface area contributed by atoms with E-state index in [0.29, 0.717) is 40.0 Å². The van der Waals surface area contributed by atoms with Crippen LogP contribution in [-0.4, -0.2) is 43.7 Å². The summed E-state index contributed by atoms with van der Waals surface area (Å²) >= 11 is 7.83. The molecule has 8 nitrogen and oxygen atoms in total. The summed E-state index contributed by atoms with van der Waals surface area (Å²) in [4.78, 5) is 28.0. The van der Waals surface area contributed by atoms with Crippen molar-refractivity contribution < 1.29 is 29.3 Å². The summed E-state index contributed by atoms with van der Waals surface area (Å²) in [6.07, 6.45) is 5.34. The van der Waals surface area contributed by atoms with Gasteiger partial charge >= 0.3 is 11.9 Å². The summed E-state index contributed by atoms with van der Waals surface area (Å²) < 4.78 is 12.3. The second-order valence-corrected chi connectivity index (χ2v) is 9.82. The monoisotopic (exact) mass is 480 g/mol. The average molecular weight is 481 g/mol. The lowest BCUT2D eigenvalue weighted by Gasteiger charge is -2.33. The number of carbonyl (C=O) groups is 2. The molecule has 2 N–H and O–H groups in total. The minimum Gasteiger partial charge on any atom is -0.481 e. The molecule has 0 radical (unpaired) electrons. The number of hydrogen-bond donors (Lipinski definition) is 2. The Morgan fingerprint density at radius 3 is 2.69 bits per heavy atom. The molecule has 1 saturated carbocycles. The third-order valence-corrected chi connectivity index (χ3v) is 7.87. The summed E-state index contributed by atoms with van der Waals surface area (Å²) in [7, 11) is 0. The normalized spacial score (nSPS) is 22.1. The van der Waals surface area contributed by atoms with Crippen molar-refractivity contribution in [2.45, 2.75) is 55.8 Å². The van der Waals surface area contributed by atoms with E-state index >= 15 is 0 Å². The zero-order valence-electron chi connectivity index (χ0n) is 17.6. The number of nitrogens with zero attached hydrogens (tertiary/aromatic N) is 2. The molecule has 2 aliphatic rings. The Bertz CT molecular complexity index is 1030. The lowest BCUT2D eigenvalue weighted by molar-refractivity contribution is -0.143. The van der Waals surface area contributed by atoms with Crippen LogP contribution in [0, 0.1) is 11.8 Å². The van der Waals surface area contributed by atoms with Crippen molar-refractivity contribution in [2.24, 2.45) is 11.8 Å². The van der Waals surface area contributed by atoms with E-state index in [1.54, 1.807) is 16.7 Å². The molecule has 32 heavy (non-hydrogen) atoms. The van der Waals surface area contributed by atoms with Gasteiger partial charge in [0.1, 0.15) is 5.03 Å². The van der Waals surface area contributed by atoms with Crippen LogP contribution < -0.4 is 9.47 Å². The van der Waals surface area contributed by atoms with E-state index in [9.17, 15) is 19.8 Å². The zero-order valence-corrected chi connectivity index (χ0v) is 19.2. The summed E-state index contributed by atoms with van der Waals surface area (Å²) in [6.45, 7) is 2.44. The van der Waals surface area contributed by atoms with Crippen LogP contribution in [-0.2, 0) is 11.3 Å². The van der Waals surface area contributed by atoms with Gasteiger partial charge in [0, 0.05) is 16.3 Å². The molecular formula is C22H25ClN2O6S. The number of aliphatic carboxylic acids is 1. The third-order valence-electron chi connectivity index (χ3n) is 6.07. The molecule has 1 fully saturated rings. The Labute approximate surface area is 194 Å². The molecule has 2 aromatic rings. The minimum atomic E-state index is -1.06. The van der Waals surface area contributed by atoms with Crippen molar-refractivity contribution in [3.8, 4) is 11.5 Å². The fourth-order valence-corrected chi connectivity index (χ4v) is 6.10. The molecule has 10 heteroatoms. The van der Waals surface area contributed by atoms with Gasteiger partial charge in [-0.3, -0.25) is 4.79 Å². The number of aromatic carboxylic acids is 1. The molecule has 1 aliphatic heterocycles. The van der Waals surface area contributed by atoms with Crippen molar-refractivity contribution in [1.29, 1.82) is 0 Å². The van der Waals surface area contributed by atoms with Crippen molar-refractivity contribution >= 4 is 35.3 Å². The molecule has 0 spiro atoms. The van der Waals surface area contributed by atoms with E-state index in [1.165, 1.54) is 18.1 Å². The van der Waals surface area contributed by atoms with Gasteiger partial charge < -0.3 is 24.3 Å². The molecule has 4 rings (SSSR count). The molecule has 0 saturated heterocycles. The maximum Gasteiger partial charge on any atom is 0.355 e. The SMILES string of the molecule is CCCC1CC(C(=O)O)CCC1Sc1ncn(Cc2cc3c(cc2Cl)OCO3)c1C(=O)O. The van der Waals surface area contributed by atoms with Crippen LogP contribution in [0.4, 0.5) is 0 Å². The van der Waals surface area contributed by atoms with Crippen LogP contribution >= 0.6 is 23.4 Å². The van der Waals surface area contributed by atoms with E-state index in [2.05, 4.69) is 11.9 Å². The van der Waals surface area contributed by atoms with Crippen LogP contribution in [0.15, 0.2) is 23.5 Å². The van der Waals surface area contributed by atoms with E-state index in [1.807, 2.05) is 0 Å². The fraction of sp³-hybridized carbons (Fsp3) is 0.500. The van der Waals surface area contributed by atoms with Crippen molar-refractivity contribution in [1.82, 2.24) is 9.55 Å². The second kappa shape index (κ2) is 9.62. The number of halogens is 1. The fourth-order valence-electron chi connectivity index (χ4n) is 4.48. The first-order chi connectivity index (χ1) is 15.4. The summed E-state index contributed by atoms with van der Waals surface area (Å²) in [5, 5.41) is 20.4. The number of hydrogen-bond acceptors (Lipinski definition) is 6. The lowest BCUT2D eigenvalue weighted by atomic mass is 9.79. The van der Waals surface area contributed by atoms with Crippen LogP contribution in [0.5, 0.6) is 11.5 Å². The van der Waals surface area contributed by atoms with Crippen LogP contribution in [0.1, 0.15) is 55.1 Å². The number of ether oxygens (including phenoxy) is 2. The van der Waals surface area contributed by atoms with E-state index in [0.717, 1.165) is 19.3 Å². The number of carboxylic acids is 2. The van der Waals surface area contributed by atoms with Gasteiger partial charge in [0.2, 0.25) is 6.79 Å². The smallest absolute Gasteiger partial charge is 0.355 e. The Morgan fingerprint density at radius 2 is 2.00 bits per heavy atom. The molecule has 0 bridgehead atoms. The number of thioether (sulfide) groups is 1. The highest BCUT2D eigenvalue weighted by Crippen LogP contribution is 2.43. The number of aromatic nitrogens is 2. The molecule has 1 aliphatic carbocycles. The first kappa shape index (κ1) is 22.8. The number of imidazole rings is 1. The molecule has 1 aromatic heterocycles. The van der Waals surface area contributed by atoms with Crippen molar-refractivity contribution in [3.63, 3.8) is 0 Å².